The standard InChI is InChI=1S/C15H9F17S/c16-8(17,4-1-2-7-3-5-33-6-7)9(18,19)10(20,21)11(22,23)12(24,25)13(26,27)14(28,29)15(30,31)32/h3,5-6H,1-2,4H2. The molecule has 0 nitrogen and oxygen atoms in total. The van der Waals surface area contributed by atoms with Gasteiger partial charge in [0, 0.05) is 6.42 Å². The van der Waals surface area contributed by atoms with Crippen molar-refractivity contribution in [1.82, 2.24) is 0 Å². The largest absolute Gasteiger partial charge is 0.460 e. The first-order chi connectivity index (χ1) is 14.3. The summed E-state index contributed by atoms with van der Waals surface area (Å²) < 4.78 is 223. The van der Waals surface area contributed by atoms with Gasteiger partial charge in [-0.2, -0.15) is 86.0 Å². The fourth-order valence-corrected chi connectivity index (χ4v) is 3.01. The van der Waals surface area contributed by atoms with Crippen LogP contribution >= 0.6 is 11.3 Å². The highest BCUT2D eigenvalue weighted by molar-refractivity contribution is 7.07. The molecule has 0 aliphatic heterocycles. The summed E-state index contributed by atoms with van der Waals surface area (Å²) >= 11 is 0.969. The van der Waals surface area contributed by atoms with E-state index >= 15 is 0 Å². The Bertz CT molecular complexity index is 790. The summed E-state index contributed by atoms with van der Waals surface area (Å²) in [6.45, 7) is 0. The van der Waals surface area contributed by atoms with Crippen LogP contribution in [0, 0.1) is 0 Å². The molecule has 0 saturated carbocycles. The SMILES string of the molecule is FC(F)(F)C(F)(F)C(F)(F)C(F)(F)C(F)(F)C(F)(F)C(F)(F)C(F)(F)CCCc1ccsc1. The lowest BCUT2D eigenvalue weighted by atomic mass is 9.87. The third-order valence-electron chi connectivity index (χ3n) is 4.32. The van der Waals surface area contributed by atoms with Crippen molar-refractivity contribution in [3.63, 3.8) is 0 Å². The topological polar surface area (TPSA) is 0 Å². The zero-order valence-electron chi connectivity index (χ0n) is 15.2. The van der Waals surface area contributed by atoms with Gasteiger partial charge in [-0.1, -0.05) is 0 Å². The van der Waals surface area contributed by atoms with Gasteiger partial charge in [0.15, 0.2) is 0 Å². The summed E-state index contributed by atoms with van der Waals surface area (Å²) in [5, 5.41) is 2.62. The average molecular weight is 544 g/mol. The van der Waals surface area contributed by atoms with Gasteiger partial charge in [-0.3, -0.25) is 0 Å². The van der Waals surface area contributed by atoms with Gasteiger partial charge in [0.05, 0.1) is 0 Å². The fraction of sp³-hybridized carbons (Fsp3) is 0.733. The number of rotatable bonds is 10. The van der Waals surface area contributed by atoms with E-state index in [0.29, 0.717) is 0 Å². The Morgan fingerprint density at radius 2 is 0.939 bits per heavy atom. The molecular formula is C15H9F17S. The highest BCUT2D eigenvalue weighted by Crippen LogP contribution is 2.64. The number of hydrogen-bond donors (Lipinski definition) is 0. The minimum atomic E-state index is -8.58. The number of aryl methyl sites for hydroxylation is 1. The maximum absolute atomic E-state index is 13.6. The molecule has 0 amide bonds. The third kappa shape index (κ3) is 4.35. The first kappa shape index (κ1) is 29.5. The van der Waals surface area contributed by atoms with Crippen LogP contribution in [0.1, 0.15) is 18.4 Å². The number of hydrogen-bond acceptors (Lipinski definition) is 1. The van der Waals surface area contributed by atoms with Crippen molar-refractivity contribution in [3.8, 4) is 0 Å². The molecule has 18 heteroatoms. The van der Waals surface area contributed by atoms with Crippen LogP contribution in [-0.4, -0.2) is 47.6 Å². The second-order valence-electron chi connectivity index (χ2n) is 6.63. The molecule has 0 bridgehead atoms. The van der Waals surface area contributed by atoms with E-state index in [9.17, 15) is 74.6 Å². The monoisotopic (exact) mass is 544 g/mol. The Morgan fingerprint density at radius 1 is 0.545 bits per heavy atom. The molecule has 0 aliphatic carbocycles. The maximum Gasteiger partial charge on any atom is 0.460 e. The first-order valence-corrected chi connectivity index (χ1v) is 8.99. The van der Waals surface area contributed by atoms with Gasteiger partial charge < -0.3 is 0 Å². The molecule has 33 heavy (non-hydrogen) atoms. The lowest BCUT2D eigenvalue weighted by Gasteiger charge is -2.42. The van der Waals surface area contributed by atoms with Crippen molar-refractivity contribution in [1.29, 1.82) is 0 Å². The Kier molecular flexibility index (Phi) is 7.45. The van der Waals surface area contributed by atoms with Crippen LogP contribution in [-0.2, 0) is 6.42 Å². The second kappa shape index (κ2) is 8.32. The molecule has 0 unspecified atom stereocenters. The second-order valence-corrected chi connectivity index (χ2v) is 7.41. The normalized spacial score (nSPS) is 15.8. The Morgan fingerprint density at radius 3 is 1.30 bits per heavy atom. The van der Waals surface area contributed by atoms with Gasteiger partial charge in [0.2, 0.25) is 0 Å². The zero-order chi connectivity index (χ0) is 26.5. The van der Waals surface area contributed by atoms with Crippen LogP contribution < -0.4 is 0 Å². The maximum atomic E-state index is 13.6. The van der Waals surface area contributed by atoms with Crippen molar-refractivity contribution >= 4 is 11.3 Å². The van der Waals surface area contributed by atoms with Gasteiger partial charge in [0.25, 0.3) is 0 Å². The van der Waals surface area contributed by atoms with Crippen molar-refractivity contribution in [2.24, 2.45) is 0 Å². The summed E-state index contributed by atoms with van der Waals surface area (Å²) in [7, 11) is 0. The van der Waals surface area contributed by atoms with Crippen LogP contribution in [0.15, 0.2) is 16.8 Å². The molecule has 0 N–H and O–H groups in total. The highest BCUT2D eigenvalue weighted by atomic mass is 32.1. The molecule has 0 atom stereocenters. The lowest BCUT2D eigenvalue weighted by molar-refractivity contribution is -0.461. The van der Waals surface area contributed by atoms with E-state index in [1.165, 1.54) is 16.8 Å². The predicted octanol–water partition coefficient (Wildman–Crippen LogP) is 8.08. The van der Waals surface area contributed by atoms with E-state index in [4.69, 9.17) is 0 Å². The lowest BCUT2D eigenvalue weighted by Crippen LogP contribution is -2.74. The van der Waals surface area contributed by atoms with E-state index in [2.05, 4.69) is 0 Å². The Hall–Kier alpha value is -1.49. The minimum Gasteiger partial charge on any atom is -0.200 e. The van der Waals surface area contributed by atoms with Gasteiger partial charge in [-0.25, -0.2) is 0 Å². The molecule has 0 radical (unpaired) electrons. The van der Waals surface area contributed by atoms with E-state index < -0.39 is 66.9 Å². The molecule has 1 rings (SSSR count). The summed E-state index contributed by atoms with van der Waals surface area (Å²) in [6, 6.07) is 1.24. The minimum absolute atomic E-state index is 0.178. The van der Waals surface area contributed by atoms with E-state index in [-0.39, 0.29) is 5.56 Å². The van der Waals surface area contributed by atoms with Gasteiger partial charge >= 0.3 is 47.6 Å². The Labute approximate surface area is 176 Å². The molecule has 0 saturated heterocycles. The highest BCUT2D eigenvalue weighted by Gasteiger charge is 2.95. The van der Waals surface area contributed by atoms with Crippen LogP contribution in [0.2, 0.25) is 0 Å². The average Bonchev–Trinajstić information content (AvgIpc) is 3.12. The molecular weight excluding hydrogens is 535 g/mol. The van der Waals surface area contributed by atoms with Crippen molar-refractivity contribution in [2.75, 3.05) is 0 Å². The van der Waals surface area contributed by atoms with Crippen molar-refractivity contribution in [3.05, 3.63) is 22.4 Å². The summed E-state index contributed by atoms with van der Waals surface area (Å²) in [5.74, 6) is -55.8. The van der Waals surface area contributed by atoms with E-state index in [1.807, 2.05) is 0 Å². The summed E-state index contributed by atoms with van der Waals surface area (Å²) in [4.78, 5) is 0. The quantitative estimate of drug-likeness (QED) is 0.262. The Balaban J connectivity index is 3.37. The van der Waals surface area contributed by atoms with Crippen LogP contribution in [0.3, 0.4) is 0 Å². The zero-order valence-corrected chi connectivity index (χ0v) is 16.0. The van der Waals surface area contributed by atoms with Gasteiger partial charge in [-0.15, -0.1) is 0 Å². The van der Waals surface area contributed by atoms with Crippen LogP contribution in [0.4, 0.5) is 74.6 Å². The number of thiophene rings is 1. The number of alkyl halides is 17. The van der Waals surface area contributed by atoms with E-state index in [1.54, 1.807) is 0 Å². The van der Waals surface area contributed by atoms with Crippen molar-refractivity contribution in [2.45, 2.75) is 66.9 Å². The van der Waals surface area contributed by atoms with Crippen LogP contribution in [0.25, 0.3) is 0 Å². The molecule has 194 valence electrons. The molecule has 0 spiro atoms. The smallest absolute Gasteiger partial charge is 0.200 e. The van der Waals surface area contributed by atoms with Crippen LogP contribution in [0.5, 0.6) is 0 Å². The summed E-state index contributed by atoms with van der Waals surface area (Å²) in [6.07, 6.45) is -11.8. The fourth-order valence-electron chi connectivity index (χ4n) is 2.30. The molecule has 0 aromatic carbocycles. The summed E-state index contributed by atoms with van der Waals surface area (Å²) in [5.41, 5.74) is 0.178. The molecule has 1 aromatic rings. The van der Waals surface area contributed by atoms with Gasteiger partial charge in [-0.05, 0) is 35.2 Å². The first-order valence-electron chi connectivity index (χ1n) is 8.05. The third-order valence-corrected chi connectivity index (χ3v) is 5.06. The van der Waals surface area contributed by atoms with E-state index in [0.717, 1.165) is 11.3 Å². The van der Waals surface area contributed by atoms with Gasteiger partial charge in [0.1, 0.15) is 0 Å². The molecule has 1 aromatic heterocycles. The predicted molar refractivity (Wildman–Crippen MR) is 77.9 cm³/mol. The van der Waals surface area contributed by atoms with Crippen molar-refractivity contribution < 1.29 is 74.6 Å². The molecule has 0 aliphatic rings. The molecule has 0 fully saturated rings. The molecule has 1 heterocycles. The number of halogens is 17.